The molecule has 1 aliphatic heterocycles. The molecular weight excluding hydrogens is 560 g/mol. The molecule has 4 heterocycles. The van der Waals surface area contributed by atoms with Gasteiger partial charge in [-0.1, -0.05) is 49.4 Å². The molecule has 228 valence electrons. The lowest BCUT2D eigenvalue weighted by Gasteiger charge is -2.15. The Morgan fingerprint density at radius 3 is 2.72 bits per heavy atom. The molecule has 0 unspecified atom stereocenters. The van der Waals surface area contributed by atoms with Crippen molar-refractivity contribution in [3.8, 4) is 5.75 Å². The lowest BCUT2D eigenvalue weighted by molar-refractivity contribution is 0.318. The van der Waals surface area contributed by atoms with Crippen LogP contribution in [0.5, 0.6) is 5.75 Å². The molecule has 0 saturated carbocycles. The van der Waals surface area contributed by atoms with Crippen molar-refractivity contribution in [2.75, 3.05) is 43.6 Å². The topological polar surface area (TPSA) is 128 Å². The lowest BCUT2D eigenvalue weighted by Crippen LogP contribution is -2.17. The first-order valence-electron chi connectivity index (χ1n) is 15.0. The monoisotopic (exact) mass is 602 g/mol. The Morgan fingerprint density at radius 2 is 1.93 bits per heavy atom. The summed E-state index contributed by atoms with van der Waals surface area (Å²) < 4.78 is 10.3. The normalized spacial score (nSPS) is 12.4. The van der Waals surface area contributed by atoms with Crippen LogP contribution >= 0.6 is 11.8 Å². The van der Waals surface area contributed by atoms with Crippen molar-refractivity contribution >= 4 is 45.5 Å². The van der Waals surface area contributed by atoms with E-state index in [1.54, 1.807) is 14.0 Å². The maximum absolute atomic E-state index is 7.57. The molecule has 5 N–H and O–H groups in total. The zero-order chi connectivity index (χ0) is 30.2. The number of aliphatic hydroxyl groups is 1. The highest BCUT2D eigenvalue weighted by Crippen LogP contribution is 2.34. The summed E-state index contributed by atoms with van der Waals surface area (Å²) in [6.07, 6.45) is 5.26. The van der Waals surface area contributed by atoms with E-state index >= 15 is 0 Å². The van der Waals surface area contributed by atoms with E-state index in [0.29, 0.717) is 6.54 Å². The summed E-state index contributed by atoms with van der Waals surface area (Å²) in [6, 6.07) is 14.8. The Kier molecular flexibility index (Phi) is 10.4. The average molecular weight is 603 g/mol. The molecule has 0 fully saturated rings. The summed E-state index contributed by atoms with van der Waals surface area (Å²) >= 11 is 1.84. The van der Waals surface area contributed by atoms with E-state index < -0.39 is 0 Å². The highest BCUT2D eigenvalue weighted by molar-refractivity contribution is 7.99. The maximum atomic E-state index is 7.57. The number of unbranched alkanes of at least 4 members (excludes halogenated alkanes) is 1. The molecule has 43 heavy (non-hydrogen) atoms. The van der Waals surface area contributed by atoms with Crippen molar-refractivity contribution in [3.05, 3.63) is 65.5 Å². The Labute approximate surface area is 257 Å². The van der Waals surface area contributed by atoms with Crippen molar-refractivity contribution < 1.29 is 9.84 Å². The Hall–Kier alpha value is -3.80. The number of aromatic nitrogens is 5. The number of para-hydroxylation sites is 1. The summed E-state index contributed by atoms with van der Waals surface area (Å²) in [5.74, 6) is 3.04. The first-order valence-corrected chi connectivity index (χ1v) is 16.0. The smallest absolute Gasteiger partial charge is 0.222 e. The fourth-order valence-electron chi connectivity index (χ4n) is 5.38. The number of nitrogen functional groups attached to an aromatic ring is 1. The molecule has 0 atom stereocenters. The predicted octanol–water partition coefficient (Wildman–Crippen LogP) is 5.07. The third-order valence-electron chi connectivity index (χ3n) is 7.36. The fraction of sp³-hybridized carbons (Fsp3) is 0.406. The number of nitrogens with one attached hydrogen (secondary N) is 2. The van der Waals surface area contributed by atoms with Crippen LogP contribution in [-0.4, -0.2) is 61.8 Å². The molecule has 2 aromatic carbocycles. The maximum Gasteiger partial charge on any atom is 0.222 e. The second-order valence-corrected chi connectivity index (χ2v) is 11.5. The van der Waals surface area contributed by atoms with Gasteiger partial charge in [0.05, 0.1) is 24.9 Å². The third kappa shape index (κ3) is 7.06. The largest absolute Gasteiger partial charge is 0.496 e. The Balaban J connectivity index is 0.00000118. The van der Waals surface area contributed by atoms with Gasteiger partial charge in [0.2, 0.25) is 5.95 Å². The molecule has 11 heteroatoms. The van der Waals surface area contributed by atoms with Gasteiger partial charge in [0.25, 0.3) is 0 Å². The molecule has 0 bridgehead atoms. The van der Waals surface area contributed by atoms with Gasteiger partial charge in [-0.05, 0) is 37.1 Å². The molecule has 6 rings (SSSR count). The van der Waals surface area contributed by atoms with Crippen molar-refractivity contribution in [3.63, 3.8) is 0 Å². The first kappa shape index (κ1) is 30.7. The van der Waals surface area contributed by atoms with E-state index in [1.165, 1.54) is 5.56 Å². The molecular formula is C32H42N8O2S. The van der Waals surface area contributed by atoms with Crippen molar-refractivity contribution in [2.24, 2.45) is 0 Å². The highest BCUT2D eigenvalue weighted by atomic mass is 32.2. The summed E-state index contributed by atoms with van der Waals surface area (Å²) in [7, 11) is 1.73. The van der Waals surface area contributed by atoms with Crippen LogP contribution in [-0.2, 0) is 26.1 Å². The molecule has 0 amide bonds. The molecule has 0 saturated heterocycles. The zero-order valence-electron chi connectivity index (χ0n) is 25.3. The Bertz CT molecular complexity index is 1640. The summed E-state index contributed by atoms with van der Waals surface area (Å²) in [5.41, 5.74) is 12.5. The van der Waals surface area contributed by atoms with Gasteiger partial charge in [-0.15, -0.1) is 0 Å². The van der Waals surface area contributed by atoms with Crippen LogP contribution in [0.25, 0.3) is 21.9 Å². The van der Waals surface area contributed by atoms with Gasteiger partial charge in [-0.25, -0.2) is 9.97 Å². The molecule has 10 nitrogen and oxygen atoms in total. The van der Waals surface area contributed by atoms with Crippen LogP contribution in [0.2, 0.25) is 0 Å². The standard InChI is InChI=1S/C30H36N8OS.C2H6O/c1-3-4-12-33-28-27-26(35-29(31)36-28)23-7-5-6-8-24(23)38(27)18-21-16-20(9-10-25(21)39-2)17-32-13-11-22-19-37-14-15-40-30(37)34-22;1-2-3/h5-10,16,19,32H,3-4,11-15,17-18H2,1-2H3,(H3,31,33,35,36);3H,2H2,1H3. The minimum atomic E-state index is 0.250. The van der Waals surface area contributed by atoms with Gasteiger partial charge >= 0.3 is 0 Å². The third-order valence-corrected chi connectivity index (χ3v) is 8.33. The second kappa shape index (κ2) is 14.6. The van der Waals surface area contributed by atoms with Gasteiger partial charge in [0.15, 0.2) is 11.0 Å². The van der Waals surface area contributed by atoms with E-state index in [0.717, 1.165) is 101 Å². The van der Waals surface area contributed by atoms with Crippen LogP contribution in [0.15, 0.2) is 53.8 Å². The number of methoxy groups -OCH3 is 1. The number of rotatable bonds is 12. The van der Waals surface area contributed by atoms with Crippen LogP contribution in [0.4, 0.5) is 11.8 Å². The molecule has 3 aromatic heterocycles. The van der Waals surface area contributed by atoms with Crippen molar-refractivity contribution in [2.45, 2.75) is 57.9 Å². The number of imidazole rings is 1. The molecule has 0 radical (unpaired) electrons. The zero-order valence-corrected chi connectivity index (χ0v) is 26.1. The SMILES string of the molecule is CCCCNc1nc(N)nc2c3ccccc3n(Cc3cc(CNCCc4cn5c(n4)SCC5)ccc3OC)c12.CCO. The second-order valence-electron chi connectivity index (χ2n) is 10.5. The molecule has 1 aliphatic rings. The lowest BCUT2D eigenvalue weighted by atomic mass is 10.1. The van der Waals surface area contributed by atoms with Crippen LogP contribution in [0.3, 0.4) is 0 Å². The fourth-order valence-corrected chi connectivity index (χ4v) is 6.35. The summed E-state index contributed by atoms with van der Waals surface area (Å²) in [6.45, 7) is 8.27. The van der Waals surface area contributed by atoms with Gasteiger partial charge in [-0.3, -0.25) is 0 Å². The number of ether oxygens (including phenoxy) is 1. The predicted molar refractivity (Wildman–Crippen MR) is 176 cm³/mol. The number of aliphatic hydroxyl groups excluding tert-OH is 1. The van der Waals surface area contributed by atoms with Gasteiger partial charge in [0.1, 0.15) is 16.8 Å². The summed E-state index contributed by atoms with van der Waals surface area (Å²) in [5, 5.41) is 16.9. The number of benzene rings is 2. The van der Waals surface area contributed by atoms with Crippen LogP contribution in [0, 0.1) is 0 Å². The van der Waals surface area contributed by atoms with Gasteiger partial charge < -0.3 is 35.3 Å². The van der Waals surface area contributed by atoms with Crippen LogP contribution in [0.1, 0.15) is 43.5 Å². The number of fused-ring (bicyclic) bond motifs is 4. The number of aryl methyl sites for hydroxylation is 1. The highest BCUT2D eigenvalue weighted by Gasteiger charge is 2.19. The van der Waals surface area contributed by atoms with Crippen molar-refractivity contribution in [1.29, 1.82) is 0 Å². The van der Waals surface area contributed by atoms with E-state index in [4.69, 9.17) is 20.6 Å². The number of nitrogens with zero attached hydrogens (tertiary/aromatic N) is 5. The molecule has 5 aromatic rings. The van der Waals surface area contributed by atoms with Gasteiger partial charge in [0, 0.05) is 62.1 Å². The molecule has 0 spiro atoms. The first-order chi connectivity index (χ1) is 21.1. The van der Waals surface area contributed by atoms with E-state index in [-0.39, 0.29) is 12.6 Å². The number of hydrogen-bond acceptors (Lipinski definition) is 9. The Morgan fingerprint density at radius 1 is 1.09 bits per heavy atom. The average Bonchev–Trinajstić information content (AvgIpc) is 3.69. The number of hydrogen-bond donors (Lipinski definition) is 4. The molecule has 0 aliphatic carbocycles. The van der Waals surface area contributed by atoms with E-state index in [1.807, 2.05) is 17.8 Å². The van der Waals surface area contributed by atoms with E-state index in [9.17, 15) is 0 Å². The minimum Gasteiger partial charge on any atom is -0.496 e. The van der Waals surface area contributed by atoms with Crippen molar-refractivity contribution in [1.82, 2.24) is 29.4 Å². The van der Waals surface area contributed by atoms with Gasteiger partial charge in [-0.2, -0.15) is 4.98 Å². The quantitative estimate of drug-likeness (QED) is 0.145. The number of thioether (sulfide) groups is 1. The minimum absolute atomic E-state index is 0.250. The summed E-state index contributed by atoms with van der Waals surface area (Å²) in [4.78, 5) is 14.0. The number of nitrogens with two attached hydrogens (primary N) is 1. The van der Waals surface area contributed by atoms with Crippen LogP contribution < -0.4 is 21.1 Å². The van der Waals surface area contributed by atoms with E-state index in [2.05, 4.69) is 79.3 Å². The number of anilines is 2.